The van der Waals surface area contributed by atoms with E-state index in [2.05, 4.69) is 36.2 Å². The Hall–Kier alpha value is -2.42. The molecule has 88 valence electrons. The summed E-state index contributed by atoms with van der Waals surface area (Å²) in [6, 6.07) is 11.8. The molecule has 2 heterocycles. The van der Waals surface area contributed by atoms with Crippen LogP contribution in [0.3, 0.4) is 0 Å². The van der Waals surface area contributed by atoms with Crippen molar-refractivity contribution in [3.63, 3.8) is 0 Å². The Balaban J connectivity index is 2.12. The van der Waals surface area contributed by atoms with Gasteiger partial charge in [-0.1, -0.05) is 29.8 Å². The van der Waals surface area contributed by atoms with Crippen LogP contribution in [0.25, 0.3) is 16.9 Å². The number of rotatable bonds is 2. The van der Waals surface area contributed by atoms with Gasteiger partial charge in [-0.15, -0.1) is 0 Å². The van der Waals surface area contributed by atoms with Crippen molar-refractivity contribution in [1.29, 1.82) is 0 Å². The van der Waals surface area contributed by atoms with Crippen molar-refractivity contribution in [2.45, 2.75) is 6.92 Å². The van der Waals surface area contributed by atoms with Gasteiger partial charge in [0.25, 0.3) is 0 Å². The van der Waals surface area contributed by atoms with Gasteiger partial charge in [-0.05, 0) is 19.1 Å². The van der Waals surface area contributed by atoms with Crippen molar-refractivity contribution in [3.8, 4) is 11.3 Å². The minimum absolute atomic E-state index is 0.642. The maximum absolute atomic E-state index is 10.7. The first-order valence-electron chi connectivity index (χ1n) is 5.77. The molecular formula is C15H12N2O. The molecule has 0 spiro atoms. The molecule has 3 heteroatoms. The first kappa shape index (κ1) is 10.7. The highest BCUT2D eigenvalue weighted by atomic mass is 16.1. The quantitative estimate of drug-likeness (QED) is 0.641. The van der Waals surface area contributed by atoms with Crippen LogP contribution in [0.15, 0.2) is 48.8 Å². The molecule has 0 unspecified atom stereocenters. The summed E-state index contributed by atoms with van der Waals surface area (Å²) < 4.78 is 1.92. The second-order valence-electron chi connectivity index (χ2n) is 4.34. The number of aryl methyl sites for hydroxylation is 1. The van der Waals surface area contributed by atoms with E-state index in [1.807, 2.05) is 16.8 Å². The molecule has 1 aromatic carbocycles. The third-order valence-corrected chi connectivity index (χ3v) is 2.97. The number of carbonyl (C=O) groups is 1. The molecule has 2 aromatic heterocycles. The van der Waals surface area contributed by atoms with Crippen LogP contribution in [0.4, 0.5) is 0 Å². The lowest BCUT2D eigenvalue weighted by Gasteiger charge is -1.96. The van der Waals surface area contributed by atoms with Gasteiger partial charge in [0.1, 0.15) is 11.9 Å². The number of carbonyl (C=O) groups excluding carboxylic acids is 1. The van der Waals surface area contributed by atoms with Crippen molar-refractivity contribution in [2.75, 3.05) is 0 Å². The molecular weight excluding hydrogens is 224 g/mol. The van der Waals surface area contributed by atoms with E-state index in [9.17, 15) is 4.79 Å². The summed E-state index contributed by atoms with van der Waals surface area (Å²) >= 11 is 0. The highest BCUT2D eigenvalue weighted by Crippen LogP contribution is 2.19. The predicted molar refractivity (Wildman–Crippen MR) is 70.8 cm³/mol. The molecule has 0 radical (unpaired) electrons. The summed E-state index contributed by atoms with van der Waals surface area (Å²) in [5.41, 5.74) is 4.65. The fraction of sp³-hybridized carbons (Fsp3) is 0.0667. The van der Waals surface area contributed by atoms with Crippen LogP contribution in [0.5, 0.6) is 0 Å². The van der Waals surface area contributed by atoms with Crippen LogP contribution in [0, 0.1) is 6.92 Å². The third kappa shape index (κ3) is 1.80. The summed E-state index contributed by atoms with van der Waals surface area (Å²) in [6.45, 7) is 2.06. The van der Waals surface area contributed by atoms with Crippen LogP contribution < -0.4 is 0 Å². The molecule has 0 aliphatic carbocycles. The Labute approximate surface area is 105 Å². The summed E-state index contributed by atoms with van der Waals surface area (Å²) in [6.07, 6.45) is 4.65. The van der Waals surface area contributed by atoms with E-state index in [0.29, 0.717) is 5.56 Å². The summed E-state index contributed by atoms with van der Waals surface area (Å²) in [7, 11) is 0. The molecule has 0 atom stereocenters. The Morgan fingerprint density at radius 2 is 1.94 bits per heavy atom. The number of hydrogen-bond acceptors (Lipinski definition) is 2. The van der Waals surface area contributed by atoms with Crippen molar-refractivity contribution in [2.24, 2.45) is 0 Å². The van der Waals surface area contributed by atoms with Gasteiger partial charge in [0.2, 0.25) is 0 Å². The van der Waals surface area contributed by atoms with E-state index in [1.54, 1.807) is 12.1 Å². The Bertz CT molecular complexity index is 711. The van der Waals surface area contributed by atoms with Crippen molar-refractivity contribution in [3.05, 3.63) is 59.9 Å². The SMILES string of the molecule is Cc1ccc(-c2cn3ccc(C=O)cc3n2)cc1. The standard InChI is InChI=1S/C15H12N2O/c1-11-2-4-13(5-3-11)14-9-17-7-6-12(10-18)8-15(17)16-14/h2-10H,1H3. The molecule has 0 aliphatic heterocycles. The van der Waals surface area contributed by atoms with E-state index in [-0.39, 0.29) is 0 Å². The van der Waals surface area contributed by atoms with Crippen LogP contribution in [0.2, 0.25) is 0 Å². The average molecular weight is 236 g/mol. The van der Waals surface area contributed by atoms with Gasteiger partial charge in [-0.25, -0.2) is 4.98 Å². The Morgan fingerprint density at radius 1 is 1.17 bits per heavy atom. The monoisotopic (exact) mass is 236 g/mol. The molecule has 3 nitrogen and oxygen atoms in total. The lowest BCUT2D eigenvalue weighted by Crippen LogP contribution is -1.85. The highest BCUT2D eigenvalue weighted by molar-refractivity contribution is 5.77. The molecule has 18 heavy (non-hydrogen) atoms. The first-order chi connectivity index (χ1) is 8.76. The van der Waals surface area contributed by atoms with Crippen molar-refractivity contribution in [1.82, 2.24) is 9.38 Å². The van der Waals surface area contributed by atoms with Crippen LogP contribution in [0.1, 0.15) is 15.9 Å². The topological polar surface area (TPSA) is 34.4 Å². The zero-order chi connectivity index (χ0) is 12.5. The molecule has 3 aromatic rings. The maximum Gasteiger partial charge on any atom is 0.150 e. The maximum atomic E-state index is 10.7. The van der Waals surface area contributed by atoms with E-state index >= 15 is 0 Å². The largest absolute Gasteiger partial charge is 0.306 e. The molecule has 0 amide bonds. The summed E-state index contributed by atoms with van der Waals surface area (Å²) in [5, 5.41) is 0. The van der Waals surface area contributed by atoms with Gasteiger partial charge in [0, 0.05) is 23.5 Å². The number of imidazole rings is 1. The minimum Gasteiger partial charge on any atom is -0.306 e. The molecule has 0 saturated carbocycles. The smallest absolute Gasteiger partial charge is 0.150 e. The zero-order valence-electron chi connectivity index (χ0n) is 10.00. The lowest BCUT2D eigenvalue weighted by atomic mass is 10.1. The van der Waals surface area contributed by atoms with Crippen LogP contribution >= 0.6 is 0 Å². The highest BCUT2D eigenvalue weighted by Gasteiger charge is 2.04. The second-order valence-corrected chi connectivity index (χ2v) is 4.34. The summed E-state index contributed by atoms with van der Waals surface area (Å²) in [4.78, 5) is 15.3. The summed E-state index contributed by atoms with van der Waals surface area (Å²) in [5.74, 6) is 0. The number of hydrogen-bond donors (Lipinski definition) is 0. The van der Waals surface area contributed by atoms with Gasteiger partial charge < -0.3 is 4.40 Å². The van der Waals surface area contributed by atoms with Gasteiger partial charge in [-0.2, -0.15) is 0 Å². The average Bonchev–Trinajstić information content (AvgIpc) is 2.82. The van der Waals surface area contributed by atoms with Gasteiger partial charge in [0.05, 0.1) is 5.69 Å². The van der Waals surface area contributed by atoms with E-state index < -0.39 is 0 Å². The lowest BCUT2D eigenvalue weighted by molar-refractivity contribution is 0.112. The van der Waals surface area contributed by atoms with Gasteiger partial charge >= 0.3 is 0 Å². The number of fused-ring (bicyclic) bond motifs is 1. The number of aldehydes is 1. The fourth-order valence-electron chi connectivity index (χ4n) is 1.93. The van der Waals surface area contributed by atoms with Crippen LogP contribution in [-0.2, 0) is 0 Å². The van der Waals surface area contributed by atoms with Gasteiger partial charge in [-0.3, -0.25) is 4.79 Å². The molecule has 0 aliphatic rings. The zero-order valence-corrected chi connectivity index (χ0v) is 10.00. The predicted octanol–water partition coefficient (Wildman–Crippen LogP) is 3.12. The van der Waals surface area contributed by atoms with Crippen LogP contribution in [-0.4, -0.2) is 15.7 Å². The molecule has 0 fully saturated rings. The number of aromatic nitrogens is 2. The van der Waals surface area contributed by atoms with Gasteiger partial charge in [0.15, 0.2) is 0 Å². The Morgan fingerprint density at radius 3 is 2.67 bits per heavy atom. The van der Waals surface area contributed by atoms with Crippen molar-refractivity contribution < 1.29 is 4.79 Å². The molecule has 0 saturated heterocycles. The Kier molecular flexibility index (Phi) is 2.45. The van der Waals surface area contributed by atoms with E-state index in [4.69, 9.17) is 0 Å². The van der Waals surface area contributed by atoms with Crippen molar-refractivity contribution >= 4 is 11.9 Å². The second kappa shape index (κ2) is 4.11. The number of pyridine rings is 1. The molecule has 3 rings (SSSR count). The fourth-order valence-corrected chi connectivity index (χ4v) is 1.93. The van der Waals surface area contributed by atoms with E-state index in [0.717, 1.165) is 23.2 Å². The van der Waals surface area contributed by atoms with E-state index in [1.165, 1.54) is 5.56 Å². The number of benzene rings is 1. The molecule has 0 N–H and O–H groups in total. The normalized spacial score (nSPS) is 10.7. The number of nitrogens with zero attached hydrogens (tertiary/aromatic N) is 2. The molecule has 0 bridgehead atoms. The third-order valence-electron chi connectivity index (χ3n) is 2.97. The minimum atomic E-state index is 0.642. The first-order valence-corrected chi connectivity index (χ1v) is 5.77.